The fraction of sp³-hybridized carbons (Fsp3) is 0.500. The van der Waals surface area contributed by atoms with Crippen LogP contribution >= 0.6 is 0 Å². The van der Waals surface area contributed by atoms with E-state index in [4.69, 9.17) is 0 Å². The first-order chi connectivity index (χ1) is 9.15. The van der Waals surface area contributed by atoms with Crippen LogP contribution in [0.3, 0.4) is 0 Å². The molecule has 102 valence electrons. The topological polar surface area (TPSA) is 41.1 Å². The van der Waals surface area contributed by atoms with Crippen LogP contribution in [-0.2, 0) is 4.79 Å². The van der Waals surface area contributed by atoms with Crippen LogP contribution < -0.4 is 10.6 Å². The Balaban J connectivity index is 1.57. The quantitative estimate of drug-likeness (QED) is 0.865. The van der Waals surface area contributed by atoms with Gasteiger partial charge in [0.15, 0.2) is 0 Å². The highest BCUT2D eigenvalue weighted by Crippen LogP contribution is 2.48. The molecule has 1 aliphatic heterocycles. The zero-order valence-corrected chi connectivity index (χ0v) is 10.5. The summed E-state index contributed by atoms with van der Waals surface area (Å²) in [7, 11) is 0. The summed E-state index contributed by atoms with van der Waals surface area (Å²) in [6.45, 7) is 2.54. The second-order valence-electron chi connectivity index (χ2n) is 5.38. The minimum Gasteiger partial charge on any atom is -0.355 e. The maximum absolute atomic E-state index is 13.6. The molecule has 0 spiro atoms. The van der Waals surface area contributed by atoms with Gasteiger partial charge in [0.05, 0.1) is 0 Å². The SMILES string of the molecule is O=C(NCC1CNC1)C1CC1c1cc(F)ccc1F. The van der Waals surface area contributed by atoms with E-state index in [0.717, 1.165) is 25.2 Å². The van der Waals surface area contributed by atoms with Gasteiger partial charge in [0.1, 0.15) is 11.6 Å². The van der Waals surface area contributed by atoms with Gasteiger partial charge < -0.3 is 10.6 Å². The van der Waals surface area contributed by atoms with E-state index in [1.54, 1.807) is 0 Å². The van der Waals surface area contributed by atoms with Gasteiger partial charge in [-0.3, -0.25) is 4.79 Å². The maximum Gasteiger partial charge on any atom is 0.223 e. The summed E-state index contributed by atoms with van der Waals surface area (Å²) in [6, 6.07) is 3.42. The van der Waals surface area contributed by atoms with Crippen molar-refractivity contribution < 1.29 is 13.6 Å². The van der Waals surface area contributed by atoms with Crippen LogP contribution in [0.25, 0.3) is 0 Å². The van der Waals surface area contributed by atoms with E-state index >= 15 is 0 Å². The molecule has 2 unspecified atom stereocenters. The second kappa shape index (κ2) is 4.89. The van der Waals surface area contributed by atoms with Crippen molar-refractivity contribution in [3.05, 3.63) is 35.4 Å². The van der Waals surface area contributed by atoms with E-state index in [0.29, 0.717) is 24.4 Å². The smallest absolute Gasteiger partial charge is 0.223 e. The van der Waals surface area contributed by atoms with E-state index in [1.165, 1.54) is 6.07 Å². The molecular weight excluding hydrogens is 250 g/mol. The summed E-state index contributed by atoms with van der Waals surface area (Å²) in [4.78, 5) is 11.9. The van der Waals surface area contributed by atoms with Crippen molar-refractivity contribution in [1.82, 2.24) is 10.6 Å². The summed E-state index contributed by atoms with van der Waals surface area (Å²) in [5.41, 5.74) is 0.325. The molecule has 1 amide bonds. The van der Waals surface area contributed by atoms with Gasteiger partial charge in [-0.1, -0.05) is 0 Å². The molecule has 3 nitrogen and oxygen atoms in total. The molecule has 1 saturated heterocycles. The predicted molar refractivity (Wildman–Crippen MR) is 66.6 cm³/mol. The third-order valence-electron chi connectivity index (χ3n) is 3.92. The highest BCUT2D eigenvalue weighted by molar-refractivity contribution is 5.82. The van der Waals surface area contributed by atoms with Crippen molar-refractivity contribution in [3.63, 3.8) is 0 Å². The van der Waals surface area contributed by atoms with E-state index in [1.807, 2.05) is 0 Å². The van der Waals surface area contributed by atoms with Gasteiger partial charge in [0, 0.05) is 31.5 Å². The Kier molecular flexibility index (Phi) is 3.22. The van der Waals surface area contributed by atoms with Crippen LogP contribution in [0.15, 0.2) is 18.2 Å². The third kappa shape index (κ3) is 2.61. The van der Waals surface area contributed by atoms with Crippen molar-refractivity contribution in [2.45, 2.75) is 12.3 Å². The maximum atomic E-state index is 13.6. The molecule has 19 heavy (non-hydrogen) atoms. The van der Waals surface area contributed by atoms with Gasteiger partial charge in [-0.15, -0.1) is 0 Å². The number of hydrogen-bond donors (Lipinski definition) is 2. The fourth-order valence-corrected chi connectivity index (χ4v) is 2.50. The van der Waals surface area contributed by atoms with Crippen molar-refractivity contribution in [3.8, 4) is 0 Å². The average molecular weight is 266 g/mol. The lowest BCUT2D eigenvalue weighted by molar-refractivity contribution is -0.122. The largest absolute Gasteiger partial charge is 0.355 e. The van der Waals surface area contributed by atoms with Crippen molar-refractivity contribution in [2.24, 2.45) is 11.8 Å². The van der Waals surface area contributed by atoms with Crippen LogP contribution in [-0.4, -0.2) is 25.5 Å². The summed E-state index contributed by atoms with van der Waals surface area (Å²) < 4.78 is 26.7. The van der Waals surface area contributed by atoms with E-state index < -0.39 is 11.6 Å². The standard InChI is InChI=1S/C14H16F2N2O/c15-9-1-2-13(16)11(3-9)10-4-12(10)14(19)18-7-8-5-17-6-8/h1-3,8,10,12,17H,4-7H2,(H,18,19). The monoisotopic (exact) mass is 266 g/mol. The van der Waals surface area contributed by atoms with Crippen molar-refractivity contribution in [1.29, 1.82) is 0 Å². The molecule has 2 N–H and O–H groups in total. The molecule has 0 bridgehead atoms. The van der Waals surface area contributed by atoms with Crippen LogP contribution in [0, 0.1) is 23.5 Å². The van der Waals surface area contributed by atoms with E-state index in [2.05, 4.69) is 10.6 Å². The summed E-state index contributed by atoms with van der Waals surface area (Å²) >= 11 is 0. The third-order valence-corrected chi connectivity index (χ3v) is 3.92. The average Bonchev–Trinajstić information content (AvgIpc) is 3.10. The number of carbonyl (C=O) groups is 1. The first-order valence-corrected chi connectivity index (χ1v) is 6.58. The van der Waals surface area contributed by atoms with Gasteiger partial charge in [-0.2, -0.15) is 0 Å². The Morgan fingerprint density at radius 3 is 2.84 bits per heavy atom. The lowest BCUT2D eigenvalue weighted by Gasteiger charge is -2.27. The molecule has 0 aromatic heterocycles. The van der Waals surface area contributed by atoms with Gasteiger partial charge >= 0.3 is 0 Å². The molecule has 2 aliphatic rings. The number of halogens is 2. The van der Waals surface area contributed by atoms with Crippen molar-refractivity contribution in [2.75, 3.05) is 19.6 Å². The lowest BCUT2D eigenvalue weighted by atomic mass is 10.0. The minimum atomic E-state index is -0.456. The molecule has 1 aromatic rings. The molecule has 1 saturated carbocycles. The van der Waals surface area contributed by atoms with E-state index in [9.17, 15) is 13.6 Å². The molecule has 1 aromatic carbocycles. The van der Waals surface area contributed by atoms with Crippen LogP contribution in [0.1, 0.15) is 17.9 Å². The molecule has 3 rings (SSSR count). The number of rotatable bonds is 4. The predicted octanol–water partition coefficient (Wildman–Crippen LogP) is 1.40. The normalized spacial score (nSPS) is 25.8. The molecule has 1 aliphatic carbocycles. The Bertz CT molecular complexity index is 502. The van der Waals surface area contributed by atoms with Crippen LogP contribution in [0.4, 0.5) is 8.78 Å². The lowest BCUT2D eigenvalue weighted by Crippen LogP contribution is -2.48. The van der Waals surface area contributed by atoms with E-state index in [-0.39, 0.29) is 17.7 Å². The van der Waals surface area contributed by atoms with Gasteiger partial charge in [0.25, 0.3) is 0 Å². The fourth-order valence-electron chi connectivity index (χ4n) is 2.50. The first-order valence-electron chi connectivity index (χ1n) is 6.58. The zero-order valence-electron chi connectivity index (χ0n) is 10.5. The number of benzene rings is 1. The summed E-state index contributed by atoms with van der Waals surface area (Å²) in [5.74, 6) is -0.792. The molecular formula is C14H16F2N2O. The van der Waals surface area contributed by atoms with Gasteiger partial charge in [-0.05, 0) is 36.1 Å². The Hall–Kier alpha value is -1.49. The molecule has 2 atom stereocenters. The highest BCUT2D eigenvalue weighted by atomic mass is 19.1. The molecule has 0 radical (unpaired) electrons. The number of hydrogen-bond acceptors (Lipinski definition) is 2. The van der Waals surface area contributed by atoms with Gasteiger partial charge in [-0.25, -0.2) is 8.78 Å². The van der Waals surface area contributed by atoms with Crippen LogP contribution in [0.2, 0.25) is 0 Å². The summed E-state index contributed by atoms with van der Waals surface area (Å²) in [5, 5.41) is 6.02. The van der Waals surface area contributed by atoms with Gasteiger partial charge in [0.2, 0.25) is 5.91 Å². The molecule has 2 fully saturated rings. The summed E-state index contributed by atoms with van der Waals surface area (Å²) in [6.07, 6.45) is 0.606. The molecule has 5 heteroatoms. The first kappa shape index (κ1) is 12.5. The Morgan fingerprint density at radius 1 is 1.37 bits per heavy atom. The Morgan fingerprint density at radius 2 is 2.16 bits per heavy atom. The number of amides is 1. The molecule has 1 heterocycles. The minimum absolute atomic E-state index is 0.0411. The number of nitrogens with one attached hydrogen (secondary N) is 2. The highest BCUT2D eigenvalue weighted by Gasteiger charge is 2.45. The number of carbonyl (C=O) groups excluding carboxylic acids is 1. The van der Waals surface area contributed by atoms with Crippen molar-refractivity contribution >= 4 is 5.91 Å². The Labute approximate surface area is 110 Å². The van der Waals surface area contributed by atoms with Crippen LogP contribution in [0.5, 0.6) is 0 Å². The zero-order chi connectivity index (χ0) is 13.4. The second-order valence-corrected chi connectivity index (χ2v) is 5.38.